The largest absolute Gasteiger partial charge is 0.393 e. The summed E-state index contributed by atoms with van der Waals surface area (Å²) in [5.74, 6) is 0.514. The minimum atomic E-state index is -0.0399. The van der Waals surface area contributed by atoms with Gasteiger partial charge in [-0.3, -0.25) is 0 Å². The summed E-state index contributed by atoms with van der Waals surface area (Å²) in [6.07, 6.45) is 4.62. The summed E-state index contributed by atoms with van der Waals surface area (Å²) in [6, 6.07) is 0.646. The van der Waals surface area contributed by atoms with Crippen LogP contribution in [0.25, 0.3) is 0 Å². The van der Waals surface area contributed by atoms with Gasteiger partial charge in [0.2, 0.25) is 0 Å². The first-order valence-corrected chi connectivity index (χ1v) is 5.48. The minimum Gasteiger partial charge on any atom is -0.393 e. The average molecular weight is 184 g/mol. The summed E-state index contributed by atoms with van der Waals surface area (Å²) in [5, 5.41) is 16.5. The maximum absolute atomic E-state index is 9.61. The summed E-state index contributed by atoms with van der Waals surface area (Å²) in [5.41, 5.74) is 0. The third-order valence-electron chi connectivity index (χ3n) is 3.35. The van der Waals surface area contributed by atoms with Gasteiger partial charge in [-0.05, 0) is 31.7 Å². The minimum absolute atomic E-state index is 0.0399. The molecule has 76 valence electrons. The van der Waals surface area contributed by atoms with Crippen LogP contribution in [0.2, 0.25) is 0 Å². The number of hydrogen-bond acceptors (Lipinski definition) is 3. The Hall–Kier alpha value is -0.120. The zero-order valence-electron chi connectivity index (χ0n) is 8.13. The maximum atomic E-state index is 9.61. The molecule has 3 unspecified atom stereocenters. The second kappa shape index (κ2) is 4.40. The van der Waals surface area contributed by atoms with Gasteiger partial charge in [0.15, 0.2) is 0 Å². The van der Waals surface area contributed by atoms with Gasteiger partial charge in [0.05, 0.1) is 6.10 Å². The van der Waals surface area contributed by atoms with E-state index in [1.54, 1.807) is 0 Å². The summed E-state index contributed by atoms with van der Waals surface area (Å²) < 4.78 is 0. The molecule has 1 saturated heterocycles. The van der Waals surface area contributed by atoms with E-state index in [0.29, 0.717) is 12.0 Å². The molecular formula is C10H20N2O. The average Bonchev–Trinajstić information content (AvgIpc) is 2.72. The van der Waals surface area contributed by atoms with Crippen molar-refractivity contribution in [2.45, 2.75) is 37.8 Å². The highest BCUT2D eigenvalue weighted by molar-refractivity contribution is 4.82. The number of nitrogens with one attached hydrogen (secondary N) is 2. The van der Waals surface area contributed by atoms with Crippen molar-refractivity contribution in [2.75, 3.05) is 19.6 Å². The van der Waals surface area contributed by atoms with E-state index in [1.165, 1.54) is 19.3 Å². The first-order valence-electron chi connectivity index (χ1n) is 5.48. The van der Waals surface area contributed by atoms with Crippen molar-refractivity contribution < 1.29 is 5.11 Å². The van der Waals surface area contributed by atoms with Crippen LogP contribution in [0.1, 0.15) is 25.7 Å². The highest BCUT2D eigenvalue weighted by atomic mass is 16.3. The maximum Gasteiger partial charge on any atom is 0.0580 e. The van der Waals surface area contributed by atoms with E-state index in [-0.39, 0.29) is 6.10 Å². The lowest BCUT2D eigenvalue weighted by molar-refractivity contribution is 0.130. The molecule has 0 aromatic carbocycles. The Bertz CT molecular complexity index is 157. The van der Waals surface area contributed by atoms with E-state index in [0.717, 1.165) is 26.1 Å². The molecule has 0 amide bonds. The van der Waals surface area contributed by atoms with Crippen LogP contribution in [0.4, 0.5) is 0 Å². The molecule has 3 atom stereocenters. The van der Waals surface area contributed by atoms with Crippen molar-refractivity contribution in [3.05, 3.63) is 0 Å². The molecule has 0 aromatic heterocycles. The number of aliphatic hydroxyl groups is 1. The third-order valence-corrected chi connectivity index (χ3v) is 3.35. The zero-order chi connectivity index (χ0) is 9.10. The van der Waals surface area contributed by atoms with Crippen molar-refractivity contribution in [1.29, 1.82) is 0 Å². The van der Waals surface area contributed by atoms with Crippen molar-refractivity contribution >= 4 is 0 Å². The van der Waals surface area contributed by atoms with Gasteiger partial charge in [0, 0.05) is 19.1 Å². The van der Waals surface area contributed by atoms with E-state index >= 15 is 0 Å². The molecule has 1 aliphatic carbocycles. The van der Waals surface area contributed by atoms with Crippen LogP contribution in [0.3, 0.4) is 0 Å². The fourth-order valence-corrected chi connectivity index (χ4v) is 2.40. The molecule has 2 rings (SSSR count). The van der Waals surface area contributed by atoms with E-state index < -0.39 is 0 Å². The van der Waals surface area contributed by atoms with Crippen LogP contribution in [0, 0.1) is 5.92 Å². The molecule has 3 heteroatoms. The molecule has 13 heavy (non-hydrogen) atoms. The summed E-state index contributed by atoms with van der Waals surface area (Å²) in [4.78, 5) is 0. The first-order chi connectivity index (χ1) is 6.36. The lowest BCUT2D eigenvalue weighted by Crippen LogP contribution is -2.36. The van der Waals surface area contributed by atoms with E-state index in [9.17, 15) is 5.11 Å². The second-order valence-corrected chi connectivity index (χ2v) is 4.36. The van der Waals surface area contributed by atoms with Crippen LogP contribution >= 0.6 is 0 Å². The van der Waals surface area contributed by atoms with Crippen LogP contribution in [0.5, 0.6) is 0 Å². The molecule has 0 spiro atoms. The molecule has 0 aromatic rings. The fourth-order valence-electron chi connectivity index (χ4n) is 2.40. The molecule has 2 fully saturated rings. The van der Waals surface area contributed by atoms with Gasteiger partial charge in [0.25, 0.3) is 0 Å². The molecule has 3 N–H and O–H groups in total. The smallest absolute Gasteiger partial charge is 0.0580 e. The van der Waals surface area contributed by atoms with Crippen LogP contribution in [-0.2, 0) is 0 Å². The van der Waals surface area contributed by atoms with E-state index in [1.807, 2.05) is 0 Å². The zero-order valence-corrected chi connectivity index (χ0v) is 8.13. The van der Waals surface area contributed by atoms with E-state index in [4.69, 9.17) is 0 Å². The predicted octanol–water partition coefficient (Wildman–Crippen LogP) is 0.0989. The molecule has 2 aliphatic rings. The Morgan fingerprint density at radius 2 is 2.23 bits per heavy atom. The Labute approximate surface area is 79.9 Å². The molecule has 1 heterocycles. The summed E-state index contributed by atoms with van der Waals surface area (Å²) in [6.45, 7) is 3.25. The molecule has 1 saturated carbocycles. The van der Waals surface area contributed by atoms with Gasteiger partial charge >= 0.3 is 0 Å². The van der Waals surface area contributed by atoms with Crippen molar-refractivity contribution in [2.24, 2.45) is 5.92 Å². The highest BCUT2D eigenvalue weighted by Gasteiger charge is 2.25. The van der Waals surface area contributed by atoms with Crippen molar-refractivity contribution in [1.82, 2.24) is 10.6 Å². The Balaban J connectivity index is 1.66. The standard InChI is InChI=1S/C10H20N2O/c13-10-3-1-2-8(10)6-12-9-4-5-11-7-9/h8-13H,1-7H2. The van der Waals surface area contributed by atoms with Crippen LogP contribution < -0.4 is 10.6 Å². The van der Waals surface area contributed by atoms with Gasteiger partial charge in [-0.1, -0.05) is 6.42 Å². The molecular weight excluding hydrogens is 164 g/mol. The number of aliphatic hydroxyl groups excluding tert-OH is 1. The topological polar surface area (TPSA) is 44.3 Å². The SMILES string of the molecule is OC1CCCC1CNC1CCNC1. The van der Waals surface area contributed by atoms with Crippen LogP contribution in [-0.4, -0.2) is 36.9 Å². The quantitative estimate of drug-likeness (QED) is 0.583. The molecule has 1 aliphatic heterocycles. The Morgan fingerprint density at radius 1 is 1.31 bits per heavy atom. The Morgan fingerprint density at radius 3 is 2.85 bits per heavy atom. The molecule has 0 radical (unpaired) electrons. The van der Waals surface area contributed by atoms with E-state index in [2.05, 4.69) is 10.6 Å². The predicted molar refractivity (Wildman–Crippen MR) is 52.6 cm³/mol. The number of hydrogen-bond donors (Lipinski definition) is 3. The molecule has 0 bridgehead atoms. The Kier molecular flexibility index (Phi) is 3.19. The van der Waals surface area contributed by atoms with Crippen molar-refractivity contribution in [3.8, 4) is 0 Å². The van der Waals surface area contributed by atoms with Gasteiger partial charge in [-0.2, -0.15) is 0 Å². The van der Waals surface area contributed by atoms with Gasteiger partial charge in [-0.15, -0.1) is 0 Å². The molecule has 3 nitrogen and oxygen atoms in total. The lowest BCUT2D eigenvalue weighted by atomic mass is 10.1. The highest BCUT2D eigenvalue weighted by Crippen LogP contribution is 2.24. The normalized spacial score (nSPS) is 39.9. The first kappa shape index (κ1) is 9.44. The summed E-state index contributed by atoms with van der Waals surface area (Å²) >= 11 is 0. The third kappa shape index (κ3) is 2.42. The second-order valence-electron chi connectivity index (χ2n) is 4.36. The number of rotatable bonds is 3. The van der Waals surface area contributed by atoms with Gasteiger partial charge in [0.1, 0.15) is 0 Å². The van der Waals surface area contributed by atoms with Crippen LogP contribution in [0.15, 0.2) is 0 Å². The van der Waals surface area contributed by atoms with Crippen molar-refractivity contribution in [3.63, 3.8) is 0 Å². The fraction of sp³-hybridized carbons (Fsp3) is 1.00. The lowest BCUT2D eigenvalue weighted by Gasteiger charge is -2.18. The monoisotopic (exact) mass is 184 g/mol. The summed E-state index contributed by atoms with van der Waals surface area (Å²) in [7, 11) is 0. The van der Waals surface area contributed by atoms with Gasteiger partial charge < -0.3 is 15.7 Å². The van der Waals surface area contributed by atoms with Gasteiger partial charge in [-0.25, -0.2) is 0 Å².